The number of nitrogens with zero attached hydrogens (tertiary/aromatic N) is 3. The molecule has 0 saturated carbocycles. The molecule has 2 aromatic rings. The van der Waals surface area contributed by atoms with Gasteiger partial charge in [-0.2, -0.15) is 0 Å². The summed E-state index contributed by atoms with van der Waals surface area (Å²) in [7, 11) is 1.74. The van der Waals surface area contributed by atoms with Crippen molar-refractivity contribution < 1.29 is 20.1 Å². The maximum absolute atomic E-state index is 10.1. The van der Waals surface area contributed by atoms with Gasteiger partial charge in [0, 0.05) is 13.2 Å². The van der Waals surface area contributed by atoms with Gasteiger partial charge in [-0.05, 0) is 6.07 Å². The summed E-state index contributed by atoms with van der Waals surface area (Å²) in [5.74, 6) is 0.619. The summed E-state index contributed by atoms with van der Waals surface area (Å²) in [5, 5.41) is 31.9. The largest absolute Gasteiger partial charge is 0.394 e. The fraction of sp³-hybridized carbons (Fsp3) is 0.500. The molecular formula is C12H16N4O4. The molecule has 3 heterocycles. The molecule has 20 heavy (non-hydrogen) atoms. The molecule has 0 bridgehead atoms. The normalized spacial score (nSPS) is 30.0. The molecule has 1 aliphatic rings. The van der Waals surface area contributed by atoms with Gasteiger partial charge in [0.25, 0.3) is 0 Å². The Balaban J connectivity index is 2.03. The Labute approximate surface area is 114 Å². The minimum Gasteiger partial charge on any atom is -0.394 e. The molecule has 0 aliphatic carbocycles. The summed E-state index contributed by atoms with van der Waals surface area (Å²) in [6.45, 7) is -0.356. The molecule has 0 aromatic carbocycles. The number of aliphatic hydroxyl groups is 3. The summed E-state index contributed by atoms with van der Waals surface area (Å²) in [6, 6.07) is 1.75. The van der Waals surface area contributed by atoms with Crippen LogP contribution >= 0.6 is 0 Å². The zero-order valence-electron chi connectivity index (χ0n) is 10.8. The molecule has 1 saturated heterocycles. The summed E-state index contributed by atoms with van der Waals surface area (Å²) in [5.41, 5.74) is 1.37. The zero-order valence-corrected chi connectivity index (χ0v) is 10.8. The first-order valence-electron chi connectivity index (χ1n) is 6.29. The highest BCUT2D eigenvalue weighted by molar-refractivity contribution is 5.85. The number of ether oxygens (including phenoxy) is 1. The van der Waals surface area contributed by atoms with Crippen LogP contribution < -0.4 is 5.32 Å². The van der Waals surface area contributed by atoms with Crippen LogP contribution in [0.25, 0.3) is 11.0 Å². The van der Waals surface area contributed by atoms with Gasteiger partial charge in [-0.1, -0.05) is 0 Å². The van der Waals surface area contributed by atoms with Crippen molar-refractivity contribution in [2.75, 3.05) is 19.0 Å². The lowest BCUT2D eigenvalue weighted by atomic mass is 10.1. The van der Waals surface area contributed by atoms with E-state index in [1.807, 2.05) is 0 Å². The van der Waals surface area contributed by atoms with Gasteiger partial charge >= 0.3 is 0 Å². The third-order valence-corrected chi connectivity index (χ3v) is 3.52. The Morgan fingerprint density at radius 3 is 2.80 bits per heavy atom. The smallest absolute Gasteiger partial charge is 0.164 e. The average molecular weight is 280 g/mol. The van der Waals surface area contributed by atoms with Gasteiger partial charge < -0.3 is 29.9 Å². The van der Waals surface area contributed by atoms with Crippen LogP contribution in [-0.2, 0) is 4.74 Å². The number of anilines is 1. The predicted octanol–water partition coefficient (Wildman–Crippen LogP) is -0.916. The highest BCUT2D eigenvalue weighted by atomic mass is 16.6. The quantitative estimate of drug-likeness (QED) is 0.575. The molecule has 0 amide bonds. The van der Waals surface area contributed by atoms with E-state index in [2.05, 4.69) is 15.3 Å². The van der Waals surface area contributed by atoms with Crippen molar-refractivity contribution in [1.82, 2.24) is 14.5 Å². The van der Waals surface area contributed by atoms with E-state index in [4.69, 9.17) is 9.84 Å². The first-order chi connectivity index (χ1) is 9.67. The molecule has 8 heteroatoms. The van der Waals surface area contributed by atoms with Crippen LogP contribution in [0.3, 0.4) is 0 Å². The third kappa shape index (κ3) is 1.85. The second-order valence-electron chi connectivity index (χ2n) is 4.66. The molecule has 1 unspecified atom stereocenters. The Bertz CT molecular complexity index is 617. The zero-order chi connectivity index (χ0) is 14.3. The van der Waals surface area contributed by atoms with Crippen molar-refractivity contribution in [1.29, 1.82) is 0 Å². The van der Waals surface area contributed by atoms with Crippen LogP contribution in [-0.4, -0.2) is 61.8 Å². The van der Waals surface area contributed by atoms with Crippen molar-refractivity contribution in [3.8, 4) is 0 Å². The molecule has 0 radical (unpaired) electrons. The van der Waals surface area contributed by atoms with Gasteiger partial charge in [-0.15, -0.1) is 0 Å². The van der Waals surface area contributed by atoms with E-state index >= 15 is 0 Å². The van der Waals surface area contributed by atoms with Gasteiger partial charge in [0.05, 0.1) is 18.5 Å². The van der Waals surface area contributed by atoms with Crippen molar-refractivity contribution >= 4 is 16.9 Å². The van der Waals surface area contributed by atoms with E-state index in [0.29, 0.717) is 11.3 Å². The van der Waals surface area contributed by atoms with Gasteiger partial charge in [-0.25, -0.2) is 9.97 Å². The second-order valence-corrected chi connectivity index (χ2v) is 4.66. The molecular weight excluding hydrogens is 264 g/mol. The number of aliphatic hydroxyl groups excluding tert-OH is 3. The number of imidazole rings is 1. The summed E-state index contributed by atoms with van der Waals surface area (Å²) >= 11 is 0. The first-order valence-corrected chi connectivity index (χ1v) is 6.29. The number of pyridine rings is 1. The molecule has 8 nitrogen and oxygen atoms in total. The van der Waals surface area contributed by atoms with Crippen LogP contribution in [0.5, 0.6) is 0 Å². The number of aromatic nitrogens is 3. The minimum atomic E-state index is -1.13. The monoisotopic (exact) mass is 280 g/mol. The van der Waals surface area contributed by atoms with E-state index in [1.54, 1.807) is 23.9 Å². The lowest BCUT2D eigenvalue weighted by molar-refractivity contribution is -0.0508. The summed E-state index contributed by atoms with van der Waals surface area (Å²) in [6.07, 6.45) is -0.720. The van der Waals surface area contributed by atoms with Gasteiger partial charge in [0.2, 0.25) is 0 Å². The Morgan fingerprint density at radius 2 is 2.15 bits per heavy atom. The fourth-order valence-electron chi connectivity index (χ4n) is 2.46. The highest BCUT2D eigenvalue weighted by Gasteiger charge is 2.43. The lowest BCUT2D eigenvalue weighted by Gasteiger charge is -2.17. The van der Waals surface area contributed by atoms with Crippen molar-refractivity contribution in [2.24, 2.45) is 0 Å². The van der Waals surface area contributed by atoms with E-state index in [-0.39, 0.29) is 6.61 Å². The van der Waals surface area contributed by atoms with Crippen LogP contribution in [0, 0.1) is 0 Å². The summed E-state index contributed by atoms with van der Waals surface area (Å²) < 4.78 is 7.12. The Hall–Kier alpha value is -1.74. The second kappa shape index (κ2) is 4.98. The number of nitrogens with one attached hydrogen (secondary N) is 1. The Kier molecular flexibility index (Phi) is 3.30. The summed E-state index contributed by atoms with van der Waals surface area (Å²) in [4.78, 5) is 8.40. The van der Waals surface area contributed by atoms with Crippen LogP contribution in [0.4, 0.5) is 5.82 Å². The lowest BCUT2D eigenvalue weighted by Crippen LogP contribution is -2.33. The van der Waals surface area contributed by atoms with E-state index in [0.717, 1.165) is 5.52 Å². The Morgan fingerprint density at radius 1 is 1.35 bits per heavy atom. The van der Waals surface area contributed by atoms with Gasteiger partial charge in [-0.3, -0.25) is 0 Å². The van der Waals surface area contributed by atoms with Crippen LogP contribution in [0.15, 0.2) is 18.6 Å². The molecule has 2 aromatic heterocycles. The number of fused-ring (bicyclic) bond motifs is 1. The molecule has 1 fully saturated rings. The van der Waals surface area contributed by atoms with Crippen LogP contribution in [0.2, 0.25) is 0 Å². The molecule has 4 atom stereocenters. The first kappa shape index (κ1) is 13.3. The number of hydrogen-bond acceptors (Lipinski definition) is 7. The van der Waals surface area contributed by atoms with Gasteiger partial charge in [0.15, 0.2) is 12.0 Å². The molecule has 1 aliphatic heterocycles. The highest BCUT2D eigenvalue weighted by Crippen LogP contribution is 2.32. The van der Waals surface area contributed by atoms with Crippen molar-refractivity contribution in [2.45, 2.75) is 24.5 Å². The van der Waals surface area contributed by atoms with Crippen molar-refractivity contribution in [3.05, 3.63) is 18.6 Å². The maximum atomic E-state index is 10.1. The molecule has 0 spiro atoms. The molecule has 3 rings (SSSR count). The van der Waals surface area contributed by atoms with Gasteiger partial charge in [0.1, 0.15) is 23.8 Å². The van der Waals surface area contributed by atoms with Crippen LogP contribution in [0.1, 0.15) is 6.23 Å². The minimum absolute atomic E-state index is 0.356. The van der Waals surface area contributed by atoms with E-state index in [1.165, 1.54) is 6.33 Å². The standard InChI is InChI=1S/C12H16N4O4/c1-13-11-8-6(2-3-14-11)16(5-15-8)12-10(19)9(18)7(4-17)20-12/h2-3,5,7,9-10,12,17-19H,4H2,1H3,(H,13,14)/t7-,9-,10-,12?/m1/s1. The fourth-order valence-corrected chi connectivity index (χ4v) is 2.46. The molecule has 108 valence electrons. The number of hydrogen-bond donors (Lipinski definition) is 4. The third-order valence-electron chi connectivity index (χ3n) is 3.52. The average Bonchev–Trinajstić information content (AvgIpc) is 3.01. The van der Waals surface area contributed by atoms with Crippen molar-refractivity contribution in [3.63, 3.8) is 0 Å². The topological polar surface area (TPSA) is 113 Å². The number of rotatable bonds is 3. The molecule has 4 N–H and O–H groups in total. The van der Waals surface area contributed by atoms with E-state index in [9.17, 15) is 10.2 Å². The maximum Gasteiger partial charge on any atom is 0.164 e. The predicted molar refractivity (Wildman–Crippen MR) is 70.1 cm³/mol. The SMILES string of the molecule is CNc1nccc2c1ncn2C1O[C@H](CO)[C@@H](O)[C@H]1O. The van der Waals surface area contributed by atoms with E-state index < -0.39 is 24.5 Å².